The van der Waals surface area contributed by atoms with Crippen LogP contribution in [0.1, 0.15) is 65.7 Å². The monoisotopic (exact) mass is 304 g/mol. The highest BCUT2D eigenvalue weighted by atomic mass is 16.6. The van der Waals surface area contributed by atoms with Crippen LogP contribution in [0.5, 0.6) is 0 Å². The van der Waals surface area contributed by atoms with Gasteiger partial charge in [0.1, 0.15) is 0 Å². The summed E-state index contributed by atoms with van der Waals surface area (Å²) in [6, 6.07) is 0. The molecule has 2 aliphatic carbocycles. The molecule has 3 fully saturated rings. The van der Waals surface area contributed by atoms with Crippen LogP contribution in [0, 0.1) is 22.7 Å². The summed E-state index contributed by atoms with van der Waals surface area (Å²) in [5.74, 6) is 0.955. The summed E-state index contributed by atoms with van der Waals surface area (Å²) in [6.45, 7) is 11.8. The van der Waals surface area contributed by atoms with E-state index in [9.17, 15) is 5.11 Å². The molecule has 0 aromatic heterocycles. The van der Waals surface area contributed by atoms with E-state index in [1.54, 1.807) is 0 Å². The number of hydrogen-bond acceptors (Lipinski definition) is 2. The molecule has 0 radical (unpaired) electrons. The van der Waals surface area contributed by atoms with Crippen molar-refractivity contribution in [3.8, 4) is 0 Å². The van der Waals surface area contributed by atoms with Gasteiger partial charge in [-0.3, -0.25) is 0 Å². The summed E-state index contributed by atoms with van der Waals surface area (Å²) in [7, 11) is 0. The molecule has 124 valence electrons. The van der Waals surface area contributed by atoms with E-state index in [0.29, 0.717) is 23.9 Å². The maximum absolute atomic E-state index is 10.7. The molecular formula is C20H32O2. The zero-order valence-corrected chi connectivity index (χ0v) is 14.5. The summed E-state index contributed by atoms with van der Waals surface area (Å²) in [6.07, 6.45) is 10.1. The first-order chi connectivity index (χ1) is 10.4. The molecule has 1 heterocycles. The first-order valence-corrected chi connectivity index (χ1v) is 9.01. The predicted octanol–water partition coefficient (Wildman–Crippen LogP) is 4.84. The Morgan fingerprint density at radius 1 is 1.41 bits per heavy atom. The van der Waals surface area contributed by atoms with Crippen molar-refractivity contribution in [3.05, 3.63) is 23.8 Å². The molecule has 2 nitrogen and oxygen atoms in total. The molecular weight excluding hydrogens is 272 g/mol. The fraction of sp³-hybridized carbons (Fsp3) is 0.800. The second kappa shape index (κ2) is 5.79. The van der Waals surface area contributed by atoms with Gasteiger partial charge in [-0.05, 0) is 63.7 Å². The highest BCUT2D eigenvalue weighted by Gasteiger charge is 2.63. The van der Waals surface area contributed by atoms with Gasteiger partial charge in [0, 0.05) is 11.3 Å². The van der Waals surface area contributed by atoms with Crippen molar-refractivity contribution < 1.29 is 9.84 Å². The molecule has 3 rings (SSSR count). The van der Waals surface area contributed by atoms with Crippen molar-refractivity contribution in [2.24, 2.45) is 22.7 Å². The molecule has 22 heavy (non-hydrogen) atoms. The average molecular weight is 304 g/mol. The van der Waals surface area contributed by atoms with Crippen molar-refractivity contribution in [2.75, 3.05) is 6.61 Å². The van der Waals surface area contributed by atoms with E-state index in [4.69, 9.17) is 4.74 Å². The molecule has 1 aliphatic heterocycles. The minimum Gasteiger partial charge on any atom is -0.367 e. The second-order valence-corrected chi connectivity index (χ2v) is 8.43. The molecule has 1 spiro atoms. The van der Waals surface area contributed by atoms with Gasteiger partial charge in [-0.25, -0.2) is 0 Å². The lowest BCUT2D eigenvalue weighted by Crippen LogP contribution is -2.54. The second-order valence-electron chi connectivity index (χ2n) is 8.43. The minimum atomic E-state index is -0.581. The van der Waals surface area contributed by atoms with E-state index in [-0.39, 0.29) is 5.41 Å². The first-order valence-electron chi connectivity index (χ1n) is 9.01. The molecule has 0 amide bonds. The van der Waals surface area contributed by atoms with Gasteiger partial charge in [-0.1, -0.05) is 37.1 Å². The van der Waals surface area contributed by atoms with Gasteiger partial charge >= 0.3 is 0 Å². The molecule has 5 atom stereocenters. The number of aliphatic hydroxyl groups excluding tert-OH is 1. The maximum Gasteiger partial charge on any atom is 0.161 e. The lowest BCUT2D eigenvalue weighted by molar-refractivity contribution is -0.183. The van der Waals surface area contributed by atoms with E-state index in [1.807, 2.05) is 0 Å². The van der Waals surface area contributed by atoms with Gasteiger partial charge in [0.05, 0.1) is 6.61 Å². The van der Waals surface area contributed by atoms with Gasteiger partial charge < -0.3 is 9.84 Å². The number of aliphatic hydroxyl groups is 1. The van der Waals surface area contributed by atoms with Crippen LogP contribution >= 0.6 is 0 Å². The van der Waals surface area contributed by atoms with Gasteiger partial charge in [0.15, 0.2) is 6.29 Å². The van der Waals surface area contributed by atoms with Crippen LogP contribution in [0.15, 0.2) is 23.8 Å². The fourth-order valence-electron chi connectivity index (χ4n) is 5.79. The van der Waals surface area contributed by atoms with E-state index in [1.165, 1.54) is 36.8 Å². The quantitative estimate of drug-likeness (QED) is 0.756. The minimum absolute atomic E-state index is 0.0483. The van der Waals surface area contributed by atoms with E-state index < -0.39 is 6.29 Å². The van der Waals surface area contributed by atoms with Crippen LogP contribution in [-0.4, -0.2) is 18.0 Å². The van der Waals surface area contributed by atoms with Crippen LogP contribution in [0.4, 0.5) is 0 Å². The number of allylic oxidation sites excluding steroid dienone is 2. The van der Waals surface area contributed by atoms with E-state index in [0.717, 1.165) is 19.3 Å². The first kappa shape index (κ1) is 16.3. The van der Waals surface area contributed by atoms with Crippen LogP contribution in [0.2, 0.25) is 0 Å². The fourth-order valence-corrected chi connectivity index (χ4v) is 5.79. The third-order valence-electron chi connectivity index (χ3n) is 6.89. The molecule has 3 aliphatic rings. The summed E-state index contributed by atoms with van der Waals surface area (Å²) >= 11 is 0. The molecule has 1 N–H and O–H groups in total. The SMILES string of the molecule is C=C1CC[C@@H]2[C@](C)(CCC=C(C)C)CCC[C@@]23[C@H](O)OC[C@@H]13. The van der Waals surface area contributed by atoms with Crippen molar-refractivity contribution in [1.82, 2.24) is 0 Å². The number of ether oxygens (including phenoxy) is 1. The Morgan fingerprint density at radius 2 is 2.18 bits per heavy atom. The van der Waals surface area contributed by atoms with Crippen LogP contribution in [0.3, 0.4) is 0 Å². The molecule has 0 unspecified atom stereocenters. The van der Waals surface area contributed by atoms with Gasteiger partial charge in [0.2, 0.25) is 0 Å². The average Bonchev–Trinajstić information content (AvgIpc) is 2.77. The zero-order chi connectivity index (χ0) is 16.0. The summed E-state index contributed by atoms with van der Waals surface area (Å²) in [4.78, 5) is 0. The van der Waals surface area contributed by atoms with E-state index >= 15 is 0 Å². The molecule has 0 bridgehead atoms. The maximum atomic E-state index is 10.7. The van der Waals surface area contributed by atoms with Gasteiger partial charge in [-0.2, -0.15) is 0 Å². The Morgan fingerprint density at radius 3 is 2.91 bits per heavy atom. The number of hydrogen-bond donors (Lipinski definition) is 1. The summed E-state index contributed by atoms with van der Waals surface area (Å²) < 4.78 is 5.75. The van der Waals surface area contributed by atoms with Gasteiger partial charge in [0.25, 0.3) is 0 Å². The largest absolute Gasteiger partial charge is 0.367 e. The van der Waals surface area contributed by atoms with Crippen molar-refractivity contribution in [1.29, 1.82) is 0 Å². The zero-order valence-electron chi connectivity index (χ0n) is 14.5. The van der Waals surface area contributed by atoms with E-state index in [2.05, 4.69) is 33.4 Å². The summed E-state index contributed by atoms with van der Waals surface area (Å²) in [5, 5.41) is 10.7. The molecule has 2 saturated carbocycles. The number of rotatable bonds is 3. The Balaban J connectivity index is 1.89. The van der Waals surface area contributed by atoms with Crippen molar-refractivity contribution >= 4 is 0 Å². The Kier molecular flexibility index (Phi) is 4.28. The molecule has 1 saturated heterocycles. The third kappa shape index (κ3) is 2.39. The van der Waals surface area contributed by atoms with Gasteiger partial charge in [-0.15, -0.1) is 0 Å². The predicted molar refractivity (Wildman–Crippen MR) is 90.4 cm³/mol. The highest BCUT2D eigenvalue weighted by Crippen LogP contribution is 2.65. The lowest BCUT2D eigenvalue weighted by atomic mass is 9.46. The Bertz CT molecular complexity index is 476. The highest BCUT2D eigenvalue weighted by molar-refractivity contribution is 5.20. The Labute approximate surface area is 135 Å². The standard InChI is InChI=1S/C20H32O2/c1-14(2)7-5-10-19(4)11-6-12-20-16(13-22-18(20)21)15(3)8-9-17(19)20/h7,16-18,21H,3,5-6,8-13H2,1-2,4H3/t16-,17+,18+,19+,20-/m0/s1. The van der Waals surface area contributed by atoms with Crippen molar-refractivity contribution in [2.45, 2.75) is 72.0 Å². The molecule has 0 aromatic carbocycles. The third-order valence-corrected chi connectivity index (χ3v) is 6.89. The molecule has 0 aromatic rings. The normalized spacial score (nSPS) is 44.4. The lowest BCUT2D eigenvalue weighted by Gasteiger charge is -2.58. The van der Waals surface area contributed by atoms with Crippen molar-refractivity contribution in [3.63, 3.8) is 0 Å². The Hall–Kier alpha value is -0.600. The van der Waals surface area contributed by atoms with Crippen LogP contribution in [0.25, 0.3) is 0 Å². The summed E-state index contributed by atoms with van der Waals surface area (Å²) in [5.41, 5.74) is 3.01. The van der Waals surface area contributed by atoms with Crippen LogP contribution in [-0.2, 0) is 4.74 Å². The topological polar surface area (TPSA) is 29.5 Å². The smallest absolute Gasteiger partial charge is 0.161 e. The van der Waals surface area contributed by atoms with Crippen LogP contribution < -0.4 is 0 Å². The molecule has 2 heteroatoms.